The Morgan fingerprint density at radius 3 is 2.76 bits per heavy atom. The summed E-state index contributed by atoms with van der Waals surface area (Å²) in [5.41, 5.74) is 1.37. The SMILES string of the molecule is CSC(=S)NCCc1cccc2ccccc12. The largest absolute Gasteiger partial charge is 0.371 e. The van der Waals surface area contributed by atoms with Gasteiger partial charge in [-0.3, -0.25) is 0 Å². The van der Waals surface area contributed by atoms with Crippen LogP contribution < -0.4 is 5.32 Å². The zero-order valence-electron chi connectivity index (χ0n) is 9.77. The van der Waals surface area contributed by atoms with E-state index in [1.54, 1.807) is 11.8 Å². The molecule has 0 aliphatic carbocycles. The Morgan fingerprint density at radius 2 is 1.94 bits per heavy atom. The van der Waals surface area contributed by atoms with E-state index in [0.29, 0.717) is 0 Å². The Kier molecular flexibility index (Phi) is 4.40. The van der Waals surface area contributed by atoms with Crippen LogP contribution in [-0.2, 0) is 6.42 Å². The fourth-order valence-electron chi connectivity index (χ4n) is 1.88. The number of thioether (sulfide) groups is 1. The summed E-state index contributed by atoms with van der Waals surface area (Å²) in [6.07, 6.45) is 3.00. The van der Waals surface area contributed by atoms with Gasteiger partial charge in [-0.1, -0.05) is 54.7 Å². The summed E-state index contributed by atoms with van der Waals surface area (Å²) in [6, 6.07) is 14.9. The van der Waals surface area contributed by atoms with Gasteiger partial charge in [-0.05, 0) is 29.0 Å². The molecule has 0 atom stereocenters. The minimum absolute atomic E-state index is 0.866. The summed E-state index contributed by atoms with van der Waals surface area (Å²) < 4.78 is 0.866. The quantitative estimate of drug-likeness (QED) is 0.848. The van der Waals surface area contributed by atoms with E-state index in [2.05, 4.69) is 47.8 Å². The van der Waals surface area contributed by atoms with Crippen LogP contribution in [0.2, 0.25) is 0 Å². The fraction of sp³-hybridized carbons (Fsp3) is 0.214. The lowest BCUT2D eigenvalue weighted by atomic mass is 10.0. The van der Waals surface area contributed by atoms with Crippen LogP contribution in [0, 0.1) is 0 Å². The second kappa shape index (κ2) is 6.03. The highest BCUT2D eigenvalue weighted by molar-refractivity contribution is 8.22. The van der Waals surface area contributed by atoms with Crippen LogP contribution in [0.3, 0.4) is 0 Å². The van der Waals surface area contributed by atoms with Crippen LogP contribution in [0.4, 0.5) is 0 Å². The molecule has 88 valence electrons. The lowest BCUT2D eigenvalue weighted by Crippen LogP contribution is -2.20. The third-order valence-corrected chi connectivity index (χ3v) is 3.89. The van der Waals surface area contributed by atoms with Crippen LogP contribution in [0.15, 0.2) is 42.5 Å². The first-order valence-electron chi connectivity index (χ1n) is 5.59. The van der Waals surface area contributed by atoms with Crippen molar-refractivity contribution in [1.29, 1.82) is 0 Å². The van der Waals surface area contributed by atoms with Crippen molar-refractivity contribution in [2.45, 2.75) is 6.42 Å². The molecule has 0 saturated heterocycles. The molecule has 17 heavy (non-hydrogen) atoms. The highest BCUT2D eigenvalue weighted by Crippen LogP contribution is 2.18. The maximum absolute atomic E-state index is 5.12. The summed E-state index contributed by atoms with van der Waals surface area (Å²) >= 11 is 6.70. The predicted molar refractivity (Wildman–Crippen MR) is 81.8 cm³/mol. The zero-order chi connectivity index (χ0) is 12.1. The lowest BCUT2D eigenvalue weighted by Gasteiger charge is -2.08. The molecule has 0 heterocycles. The molecule has 0 aromatic heterocycles. The molecule has 0 unspecified atom stereocenters. The van der Waals surface area contributed by atoms with Gasteiger partial charge in [0.25, 0.3) is 0 Å². The number of thiocarbonyl (C=S) groups is 1. The van der Waals surface area contributed by atoms with Crippen LogP contribution >= 0.6 is 24.0 Å². The Morgan fingerprint density at radius 1 is 1.18 bits per heavy atom. The van der Waals surface area contributed by atoms with Crippen LogP contribution in [-0.4, -0.2) is 17.1 Å². The van der Waals surface area contributed by atoms with Crippen molar-refractivity contribution in [3.05, 3.63) is 48.0 Å². The van der Waals surface area contributed by atoms with Crippen LogP contribution in [0.1, 0.15) is 5.56 Å². The minimum Gasteiger partial charge on any atom is -0.371 e. The van der Waals surface area contributed by atoms with E-state index in [9.17, 15) is 0 Å². The highest BCUT2D eigenvalue weighted by Gasteiger charge is 2.00. The van der Waals surface area contributed by atoms with E-state index >= 15 is 0 Å². The van der Waals surface area contributed by atoms with Gasteiger partial charge in [-0.2, -0.15) is 0 Å². The van der Waals surface area contributed by atoms with Crippen molar-refractivity contribution >= 4 is 39.1 Å². The van der Waals surface area contributed by atoms with E-state index in [4.69, 9.17) is 12.2 Å². The number of nitrogens with one attached hydrogen (secondary N) is 1. The summed E-state index contributed by atoms with van der Waals surface area (Å²) in [4.78, 5) is 0. The molecule has 0 aliphatic heterocycles. The van der Waals surface area contributed by atoms with Gasteiger partial charge in [0, 0.05) is 6.54 Å². The summed E-state index contributed by atoms with van der Waals surface area (Å²) in [6.45, 7) is 0.897. The number of hydrogen-bond acceptors (Lipinski definition) is 2. The molecule has 0 saturated carbocycles. The lowest BCUT2D eigenvalue weighted by molar-refractivity contribution is 0.888. The Bertz CT molecular complexity index is 517. The summed E-state index contributed by atoms with van der Waals surface area (Å²) in [7, 11) is 0. The third kappa shape index (κ3) is 3.20. The van der Waals surface area contributed by atoms with E-state index < -0.39 is 0 Å². The average molecular weight is 261 g/mol. The molecule has 1 nitrogen and oxygen atoms in total. The maximum Gasteiger partial charge on any atom is 0.133 e. The first-order valence-corrected chi connectivity index (χ1v) is 7.23. The summed E-state index contributed by atoms with van der Waals surface area (Å²) in [5, 5.41) is 5.88. The number of benzene rings is 2. The van der Waals surface area contributed by atoms with E-state index in [0.717, 1.165) is 17.3 Å². The van der Waals surface area contributed by atoms with E-state index in [-0.39, 0.29) is 0 Å². The molecule has 0 radical (unpaired) electrons. The molecule has 0 spiro atoms. The molecule has 1 N–H and O–H groups in total. The predicted octanol–water partition coefficient (Wildman–Crippen LogP) is 3.62. The van der Waals surface area contributed by atoms with Gasteiger partial charge >= 0.3 is 0 Å². The van der Waals surface area contributed by atoms with Crippen molar-refractivity contribution in [1.82, 2.24) is 5.32 Å². The van der Waals surface area contributed by atoms with Crippen LogP contribution in [0.5, 0.6) is 0 Å². The van der Waals surface area contributed by atoms with Gasteiger partial charge in [-0.25, -0.2) is 0 Å². The van der Waals surface area contributed by atoms with Crippen molar-refractivity contribution in [2.75, 3.05) is 12.8 Å². The molecular formula is C14H15NS2. The average Bonchev–Trinajstić information content (AvgIpc) is 2.39. The monoisotopic (exact) mass is 261 g/mol. The molecule has 2 rings (SSSR count). The number of hydrogen-bond donors (Lipinski definition) is 1. The Hall–Kier alpha value is -1.06. The third-order valence-electron chi connectivity index (χ3n) is 2.73. The van der Waals surface area contributed by atoms with Crippen LogP contribution in [0.25, 0.3) is 10.8 Å². The standard InChI is InChI=1S/C14H15NS2/c1-17-14(16)15-10-9-12-7-4-6-11-5-2-3-8-13(11)12/h2-8H,9-10H2,1H3,(H,15,16). The molecule has 0 amide bonds. The molecule has 2 aromatic rings. The molecule has 3 heteroatoms. The van der Waals surface area contributed by atoms with Gasteiger partial charge < -0.3 is 5.32 Å². The van der Waals surface area contributed by atoms with E-state index in [1.165, 1.54) is 16.3 Å². The van der Waals surface area contributed by atoms with Gasteiger partial charge in [0.05, 0.1) is 0 Å². The van der Waals surface area contributed by atoms with Gasteiger partial charge in [0.2, 0.25) is 0 Å². The van der Waals surface area contributed by atoms with Gasteiger partial charge in [0.15, 0.2) is 0 Å². The smallest absolute Gasteiger partial charge is 0.133 e. The summed E-state index contributed by atoms with van der Waals surface area (Å²) in [5.74, 6) is 0. The van der Waals surface area contributed by atoms with Crippen molar-refractivity contribution in [3.63, 3.8) is 0 Å². The second-order valence-corrected chi connectivity index (χ2v) is 5.29. The molecule has 0 aliphatic rings. The fourth-order valence-corrected chi connectivity index (χ4v) is 2.23. The molecule has 0 bridgehead atoms. The Labute approximate surface area is 112 Å². The molecule has 2 aromatic carbocycles. The maximum atomic E-state index is 5.12. The zero-order valence-corrected chi connectivity index (χ0v) is 11.4. The van der Waals surface area contributed by atoms with Crippen molar-refractivity contribution in [2.24, 2.45) is 0 Å². The van der Waals surface area contributed by atoms with Gasteiger partial charge in [-0.15, -0.1) is 11.8 Å². The normalized spacial score (nSPS) is 10.4. The van der Waals surface area contributed by atoms with E-state index in [1.807, 2.05) is 6.26 Å². The minimum atomic E-state index is 0.866. The first kappa shape index (κ1) is 12.4. The number of fused-ring (bicyclic) bond motifs is 1. The topological polar surface area (TPSA) is 12.0 Å². The Balaban J connectivity index is 2.11. The molecule has 0 fully saturated rings. The first-order chi connectivity index (χ1) is 8.31. The second-order valence-electron chi connectivity index (χ2n) is 3.81. The highest BCUT2D eigenvalue weighted by atomic mass is 32.2. The number of rotatable bonds is 3. The van der Waals surface area contributed by atoms with Gasteiger partial charge in [0.1, 0.15) is 4.32 Å². The molecular weight excluding hydrogens is 246 g/mol. The van der Waals surface area contributed by atoms with Crippen molar-refractivity contribution in [3.8, 4) is 0 Å². The van der Waals surface area contributed by atoms with Crippen molar-refractivity contribution < 1.29 is 0 Å².